The van der Waals surface area contributed by atoms with Crippen molar-refractivity contribution < 1.29 is 9.53 Å². The van der Waals surface area contributed by atoms with Gasteiger partial charge in [0, 0.05) is 6.04 Å². The Balaban J connectivity index is 3.63. The Hall–Kier alpha value is -1.24. The molecule has 0 saturated carbocycles. The highest BCUT2D eigenvalue weighted by Crippen LogP contribution is 1.89. The molecule has 0 aromatic heterocycles. The molecular weight excluding hydrogens is 144 g/mol. The Kier molecular flexibility index (Phi) is 4.04. The van der Waals surface area contributed by atoms with Crippen LogP contribution in [0, 0.1) is 11.3 Å². The minimum atomic E-state index is -0.686. The molecule has 1 unspecified atom stereocenters. The third kappa shape index (κ3) is 5.22. The van der Waals surface area contributed by atoms with E-state index in [0.717, 1.165) is 0 Å². The van der Waals surface area contributed by atoms with Gasteiger partial charge >= 0.3 is 6.09 Å². The second kappa shape index (κ2) is 4.56. The van der Waals surface area contributed by atoms with Gasteiger partial charge in [0.05, 0.1) is 0 Å². The zero-order valence-corrected chi connectivity index (χ0v) is 6.92. The van der Waals surface area contributed by atoms with Gasteiger partial charge in [0.15, 0.2) is 6.10 Å². The number of ether oxygens (including phenoxy) is 1. The van der Waals surface area contributed by atoms with Crippen LogP contribution in [0.1, 0.15) is 20.8 Å². The van der Waals surface area contributed by atoms with Crippen molar-refractivity contribution in [3.05, 3.63) is 0 Å². The Bertz CT molecular complexity index is 172. The molecule has 0 aliphatic heterocycles. The molecule has 0 rings (SSSR count). The number of nitriles is 1. The molecule has 1 N–H and O–H groups in total. The van der Waals surface area contributed by atoms with Crippen LogP contribution in [0.15, 0.2) is 0 Å². The lowest BCUT2D eigenvalue weighted by molar-refractivity contribution is 0.127. The number of hydrogen-bond donors (Lipinski definition) is 1. The predicted molar refractivity (Wildman–Crippen MR) is 39.8 cm³/mol. The van der Waals surface area contributed by atoms with Gasteiger partial charge in [-0.1, -0.05) is 0 Å². The molecule has 0 radical (unpaired) electrons. The first-order chi connectivity index (χ1) is 5.06. The van der Waals surface area contributed by atoms with Crippen molar-refractivity contribution in [2.45, 2.75) is 32.9 Å². The Morgan fingerprint density at radius 3 is 2.45 bits per heavy atom. The van der Waals surface area contributed by atoms with Gasteiger partial charge in [0.2, 0.25) is 0 Å². The number of nitrogens with zero attached hydrogens (tertiary/aromatic N) is 1. The van der Waals surface area contributed by atoms with Crippen molar-refractivity contribution in [1.82, 2.24) is 5.32 Å². The van der Waals surface area contributed by atoms with Gasteiger partial charge in [0.25, 0.3) is 0 Å². The molecular formula is C7H12N2O2. The molecule has 0 bridgehead atoms. The first-order valence-corrected chi connectivity index (χ1v) is 3.43. The van der Waals surface area contributed by atoms with Crippen LogP contribution in [0.5, 0.6) is 0 Å². The van der Waals surface area contributed by atoms with E-state index in [4.69, 9.17) is 5.26 Å². The molecule has 4 nitrogen and oxygen atoms in total. The van der Waals surface area contributed by atoms with Crippen LogP contribution in [0.2, 0.25) is 0 Å². The normalized spacial score (nSPS) is 11.9. The van der Waals surface area contributed by atoms with Gasteiger partial charge in [-0.25, -0.2) is 4.79 Å². The minimum absolute atomic E-state index is 0.0355. The van der Waals surface area contributed by atoms with Gasteiger partial charge in [-0.15, -0.1) is 0 Å². The largest absolute Gasteiger partial charge is 0.431 e. The molecule has 0 fully saturated rings. The topological polar surface area (TPSA) is 62.1 Å². The number of rotatable bonds is 2. The molecule has 0 spiro atoms. The lowest BCUT2D eigenvalue weighted by atomic mass is 10.4. The third-order valence-electron chi connectivity index (χ3n) is 0.872. The molecule has 1 atom stereocenters. The molecule has 11 heavy (non-hydrogen) atoms. The van der Waals surface area contributed by atoms with Crippen molar-refractivity contribution in [3.8, 4) is 6.07 Å². The molecule has 0 aliphatic rings. The van der Waals surface area contributed by atoms with Crippen molar-refractivity contribution in [2.24, 2.45) is 0 Å². The van der Waals surface area contributed by atoms with E-state index in [1.54, 1.807) is 6.07 Å². The van der Waals surface area contributed by atoms with Crippen molar-refractivity contribution in [1.29, 1.82) is 5.26 Å². The maximum atomic E-state index is 10.7. The quantitative estimate of drug-likeness (QED) is 0.649. The van der Waals surface area contributed by atoms with Crippen molar-refractivity contribution in [3.63, 3.8) is 0 Å². The van der Waals surface area contributed by atoms with Gasteiger partial charge in [-0.2, -0.15) is 5.26 Å². The summed E-state index contributed by atoms with van der Waals surface area (Å²) in [4.78, 5) is 10.7. The van der Waals surface area contributed by atoms with E-state index in [9.17, 15) is 4.79 Å². The van der Waals surface area contributed by atoms with Crippen LogP contribution in [-0.4, -0.2) is 18.2 Å². The van der Waals surface area contributed by atoms with Crippen LogP contribution >= 0.6 is 0 Å². The summed E-state index contributed by atoms with van der Waals surface area (Å²) >= 11 is 0. The number of amides is 1. The maximum absolute atomic E-state index is 10.7. The number of alkyl carbamates (subject to hydrolysis) is 1. The van der Waals surface area contributed by atoms with E-state index in [0.29, 0.717) is 0 Å². The summed E-state index contributed by atoms with van der Waals surface area (Å²) in [6.45, 7) is 5.15. The molecule has 1 amide bonds. The molecule has 0 aliphatic carbocycles. The molecule has 0 aromatic carbocycles. The zero-order chi connectivity index (χ0) is 8.85. The number of nitrogens with one attached hydrogen (secondary N) is 1. The van der Waals surface area contributed by atoms with E-state index < -0.39 is 12.2 Å². The summed E-state index contributed by atoms with van der Waals surface area (Å²) in [5, 5.41) is 10.8. The Labute approximate surface area is 66.1 Å². The van der Waals surface area contributed by atoms with Crippen LogP contribution in [0.25, 0.3) is 0 Å². The lowest BCUT2D eigenvalue weighted by Gasteiger charge is -2.09. The lowest BCUT2D eigenvalue weighted by Crippen LogP contribution is -2.32. The van der Waals surface area contributed by atoms with Crippen molar-refractivity contribution in [2.75, 3.05) is 0 Å². The fourth-order valence-electron chi connectivity index (χ4n) is 0.457. The fraction of sp³-hybridized carbons (Fsp3) is 0.714. The van der Waals surface area contributed by atoms with E-state index in [-0.39, 0.29) is 6.04 Å². The van der Waals surface area contributed by atoms with Gasteiger partial charge in [-0.05, 0) is 20.8 Å². The van der Waals surface area contributed by atoms with Crippen LogP contribution in [-0.2, 0) is 4.74 Å². The summed E-state index contributed by atoms with van der Waals surface area (Å²) in [7, 11) is 0. The van der Waals surface area contributed by atoms with Crippen LogP contribution in [0.4, 0.5) is 4.79 Å². The standard InChI is InChI=1S/C7H12N2O2/c1-5(2)9-7(10)11-6(3)4-8/h5-6H,1-3H3,(H,9,10). The average molecular weight is 156 g/mol. The smallest absolute Gasteiger partial charge is 0.408 e. The number of hydrogen-bond acceptors (Lipinski definition) is 3. The van der Waals surface area contributed by atoms with E-state index in [1.165, 1.54) is 6.92 Å². The van der Waals surface area contributed by atoms with Crippen LogP contribution in [0.3, 0.4) is 0 Å². The highest BCUT2D eigenvalue weighted by atomic mass is 16.6. The molecule has 4 heteroatoms. The fourth-order valence-corrected chi connectivity index (χ4v) is 0.457. The molecule has 62 valence electrons. The number of carbonyl (C=O) groups is 1. The monoisotopic (exact) mass is 156 g/mol. The zero-order valence-electron chi connectivity index (χ0n) is 6.92. The molecule has 0 saturated heterocycles. The Morgan fingerprint density at radius 1 is 1.55 bits per heavy atom. The summed E-state index contributed by atoms with van der Waals surface area (Å²) in [6, 6.07) is 1.82. The highest BCUT2D eigenvalue weighted by Gasteiger charge is 2.07. The predicted octanol–water partition coefficient (Wildman–Crippen LogP) is 1.03. The van der Waals surface area contributed by atoms with Gasteiger partial charge < -0.3 is 10.1 Å². The second-order valence-electron chi connectivity index (χ2n) is 2.48. The summed E-state index contributed by atoms with van der Waals surface area (Å²) < 4.78 is 4.60. The molecule has 0 heterocycles. The summed E-state index contributed by atoms with van der Waals surface area (Å²) in [6.07, 6.45) is -1.23. The summed E-state index contributed by atoms with van der Waals surface area (Å²) in [5.74, 6) is 0. The van der Waals surface area contributed by atoms with Gasteiger partial charge in [-0.3, -0.25) is 0 Å². The minimum Gasteiger partial charge on any atom is -0.431 e. The third-order valence-corrected chi connectivity index (χ3v) is 0.872. The second-order valence-corrected chi connectivity index (χ2v) is 2.48. The van der Waals surface area contributed by atoms with E-state index in [1.807, 2.05) is 13.8 Å². The van der Waals surface area contributed by atoms with Crippen LogP contribution < -0.4 is 5.32 Å². The van der Waals surface area contributed by atoms with Crippen molar-refractivity contribution >= 4 is 6.09 Å². The Morgan fingerprint density at radius 2 is 2.09 bits per heavy atom. The molecule has 0 aromatic rings. The number of carbonyl (C=O) groups excluding carboxylic acids is 1. The first-order valence-electron chi connectivity index (χ1n) is 3.43. The SMILES string of the molecule is CC(C)NC(=O)OC(C)C#N. The van der Waals surface area contributed by atoms with Gasteiger partial charge in [0.1, 0.15) is 6.07 Å². The van der Waals surface area contributed by atoms with E-state index in [2.05, 4.69) is 10.1 Å². The average Bonchev–Trinajstić information content (AvgIpc) is 1.85. The highest BCUT2D eigenvalue weighted by molar-refractivity contribution is 5.67. The first kappa shape index (κ1) is 9.76. The maximum Gasteiger partial charge on any atom is 0.408 e. The summed E-state index contributed by atoms with van der Waals surface area (Å²) in [5.41, 5.74) is 0. The van der Waals surface area contributed by atoms with E-state index >= 15 is 0 Å².